The Morgan fingerprint density at radius 2 is 2.10 bits per heavy atom. The molecule has 0 atom stereocenters. The largest absolute Gasteiger partial charge is 0.319 e. The van der Waals surface area contributed by atoms with Crippen LogP contribution in [0, 0.1) is 17.0 Å². The monoisotopic (exact) mass is 292 g/mol. The minimum atomic E-state index is -0.741. The van der Waals surface area contributed by atoms with Crippen LogP contribution in [0.15, 0.2) is 30.6 Å². The van der Waals surface area contributed by atoms with Gasteiger partial charge in [0.1, 0.15) is 11.4 Å². The second-order valence-electron chi connectivity index (χ2n) is 3.88. The minimum absolute atomic E-state index is 0.167. The third-order valence-electron chi connectivity index (χ3n) is 2.55. The number of halogens is 1. The molecule has 8 heteroatoms. The molecule has 2 aromatic rings. The fourth-order valence-corrected chi connectivity index (χ4v) is 1.80. The first-order valence-corrected chi connectivity index (χ1v) is 5.90. The summed E-state index contributed by atoms with van der Waals surface area (Å²) < 4.78 is 0. The Labute approximate surface area is 118 Å². The molecule has 0 spiro atoms. The number of anilines is 1. The van der Waals surface area contributed by atoms with E-state index in [-0.39, 0.29) is 10.7 Å². The summed E-state index contributed by atoms with van der Waals surface area (Å²) in [7, 11) is 0. The van der Waals surface area contributed by atoms with Crippen LogP contribution in [-0.4, -0.2) is 20.8 Å². The summed E-state index contributed by atoms with van der Waals surface area (Å²) in [5.74, 6) is -0.331. The van der Waals surface area contributed by atoms with Gasteiger partial charge in [0.2, 0.25) is 5.15 Å². The number of pyridine rings is 2. The number of aryl methyl sites for hydroxylation is 1. The molecule has 2 aromatic heterocycles. The van der Waals surface area contributed by atoms with Gasteiger partial charge in [0.05, 0.1) is 4.92 Å². The Morgan fingerprint density at radius 3 is 2.75 bits per heavy atom. The van der Waals surface area contributed by atoms with Crippen LogP contribution in [0.25, 0.3) is 0 Å². The molecule has 1 N–H and O–H groups in total. The first-order chi connectivity index (χ1) is 9.50. The maximum absolute atomic E-state index is 12.1. The van der Waals surface area contributed by atoms with Gasteiger partial charge in [0.15, 0.2) is 0 Å². The van der Waals surface area contributed by atoms with Crippen molar-refractivity contribution >= 4 is 29.0 Å². The number of nitrogens with zero attached hydrogens (tertiary/aromatic N) is 3. The molecular formula is C12H9ClN4O3. The van der Waals surface area contributed by atoms with Crippen molar-refractivity contribution in [1.82, 2.24) is 9.97 Å². The lowest BCUT2D eigenvalue weighted by Gasteiger charge is -2.07. The molecule has 0 aliphatic rings. The van der Waals surface area contributed by atoms with Gasteiger partial charge >= 0.3 is 5.69 Å². The molecule has 20 heavy (non-hydrogen) atoms. The molecule has 102 valence electrons. The van der Waals surface area contributed by atoms with Crippen LogP contribution >= 0.6 is 11.6 Å². The zero-order chi connectivity index (χ0) is 14.7. The number of nitro groups is 1. The number of amides is 1. The molecule has 0 aromatic carbocycles. The van der Waals surface area contributed by atoms with E-state index < -0.39 is 16.5 Å². The van der Waals surface area contributed by atoms with Crippen molar-refractivity contribution in [2.24, 2.45) is 0 Å². The second-order valence-corrected chi connectivity index (χ2v) is 4.24. The van der Waals surface area contributed by atoms with Gasteiger partial charge in [-0.3, -0.25) is 14.9 Å². The number of aromatic nitrogens is 2. The van der Waals surface area contributed by atoms with E-state index in [0.717, 1.165) is 5.56 Å². The Morgan fingerprint density at radius 1 is 1.35 bits per heavy atom. The third kappa shape index (κ3) is 2.72. The molecule has 0 aliphatic heterocycles. The van der Waals surface area contributed by atoms with Crippen molar-refractivity contribution < 1.29 is 9.72 Å². The van der Waals surface area contributed by atoms with Crippen molar-refractivity contribution in [3.8, 4) is 0 Å². The van der Waals surface area contributed by atoms with Gasteiger partial charge in [-0.2, -0.15) is 0 Å². The lowest BCUT2D eigenvalue weighted by Crippen LogP contribution is -2.16. The molecule has 0 radical (unpaired) electrons. The van der Waals surface area contributed by atoms with Crippen LogP contribution in [0.4, 0.5) is 11.5 Å². The summed E-state index contributed by atoms with van der Waals surface area (Å²) in [6.45, 7) is 1.76. The average molecular weight is 293 g/mol. The predicted octanol–water partition coefficient (Wildman–Crippen LogP) is 2.60. The van der Waals surface area contributed by atoms with Crippen molar-refractivity contribution in [3.63, 3.8) is 0 Å². The Balaban J connectivity index is 2.38. The van der Waals surface area contributed by atoms with Gasteiger partial charge < -0.3 is 5.32 Å². The van der Waals surface area contributed by atoms with E-state index in [1.54, 1.807) is 19.1 Å². The van der Waals surface area contributed by atoms with E-state index in [4.69, 9.17) is 11.6 Å². The number of nitrogens with one attached hydrogen (secondary N) is 1. The SMILES string of the molecule is Cc1cccnc1NC(=O)c1ccnc(Cl)c1[N+](=O)[O-]. The third-order valence-corrected chi connectivity index (χ3v) is 2.82. The Kier molecular flexibility index (Phi) is 3.90. The lowest BCUT2D eigenvalue weighted by atomic mass is 10.2. The van der Waals surface area contributed by atoms with Gasteiger partial charge in [0.25, 0.3) is 5.91 Å². The van der Waals surface area contributed by atoms with Crippen LogP contribution in [0.1, 0.15) is 15.9 Å². The topological polar surface area (TPSA) is 98.0 Å². The summed E-state index contributed by atoms with van der Waals surface area (Å²) in [6.07, 6.45) is 2.74. The highest BCUT2D eigenvalue weighted by Gasteiger charge is 2.25. The minimum Gasteiger partial charge on any atom is -0.306 e. The van der Waals surface area contributed by atoms with E-state index in [0.29, 0.717) is 5.82 Å². The molecule has 0 saturated carbocycles. The first-order valence-electron chi connectivity index (χ1n) is 5.52. The molecule has 2 rings (SSSR count). The van der Waals surface area contributed by atoms with Crippen LogP contribution in [0.3, 0.4) is 0 Å². The Hall–Kier alpha value is -2.54. The summed E-state index contributed by atoms with van der Waals surface area (Å²) in [5, 5.41) is 13.1. The first kappa shape index (κ1) is 13.9. The number of hydrogen-bond acceptors (Lipinski definition) is 5. The maximum Gasteiger partial charge on any atom is 0.319 e. The highest BCUT2D eigenvalue weighted by Crippen LogP contribution is 2.26. The van der Waals surface area contributed by atoms with Crippen molar-refractivity contribution in [3.05, 3.63) is 57.0 Å². The fraction of sp³-hybridized carbons (Fsp3) is 0.0833. The average Bonchev–Trinajstić information content (AvgIpc) is 2.40. The molecule has 2 heterocycles. The molecule has 7 nitrogen and oxygen atoms in total. The van der Waals surface area contributed by atoms with Crippen LogP contribution in [-0.2, 0) is 0 Å². The molecule has 0 bridgehead atoms. The summed E-state index contributed by atoms with van der Waals surface area (Å²) in [6, 6.07) is 4.71. The van der Waals surface area contributed by atoms with Crippen LogP contribution in [0.2, 0.25) is 5.15 Å². The predicted molar refractivity (Wildman–Crippen MR) is 72.8 cm³/mol. The van der Waals surface area contributed by atoms with Crippen molar-refractivity contribution in [1.29, 1.82) is 0 Å². The fourth-order valence-electron chi connectivity index (χ4n) is 1.58. The number of hydrogen-bond donors (Lipinski definition) is 1. The van der Waals surface area contributed by atoms with Gasteiger partial charge in [-0.05, 0) is 24.6 Å². The Bertz CT molecular complexity index is 690. The molecule has 0 unspecified atom stereocenters. The number of carbonyl (C=O) groups excluding carboxylic acids is 1. The summed E-state index contributed by atoms with van der Waals surface area (Å²) >= 11 is 5.65. The maximum atomic E-state index is 12.1. The van der Waals surface area contributed by atoms with E-state index >= 15 is 0 Å². The van der Waals surface area contributed by atoms with E-state index in [1.165, 1.54) is 18.5 Å². The normalized spacial score (nSPS) is 10.1. The number of rotatable bonds is 3. The lowest BCUT2D eigenvalue weighted by molar-refractivity contribution is -0.385. The van der Waals surface area contributed by atoms with E-state index in [2.05, 4.69) is 15.3 Å². The smallest absolute Gasteiger partial charge is 0.306 e. The van der Waals surface area contributed by atoms with Gasteiger partial charge in [-0.15, -0.1) is 0 Å². The van der Waals surface area contributed by atoms with E-state index in [1.807, 2.05) is 0 Å². The van der Waals surface area contributed by atoms with Gasteiger partial charge in [0, 0.05) is 12.4 Å². The molecular weight excluding hydrogens is 284 g/mol. The van der Waals surface area contributed by atoms with Crippen molar-refractivity contribution in [2.75, 3.05) is 5.32 Å². The second kappa shape index (κ2) is 5.62. The van der Waals surface area contributed by atoms with E-state index in [9.17, 15) is 14.9 Å². The molecule has 0 fully saturated rings. The van der Waals surface area contributed by atoms with Crippen molar-refractivity contribution in [2.45, 2.75) is 6.92 Å². The summed E-state index contributed by atoms with van der Waals surface area (Å²) in [5.41, 5.74) is 0.0453. The molecule has 1 amide bonds. The highest BCUT2D eigenvalue weighted by molar-refractivity contribution is 6.32. The van der Waals surface area contributed by atoms with Crippen LogP contribution < -0.4 is 5.32 Å². The zero-order valence-electron chi connectivity index (χ0n) is 10.3. The highest BCUT2D eigenvalue weighted by atomic mass is 35.5. The van der Waals surface area contributed by atoms with Crippen LogP contribution in [0.5, 0.6) is 0 Å². The molecule has 0 saturated heterocycles. The standard InChI is InChI=1S/C12H9ClN4O3/c1-7-3-2-5-15-11(7)16-12(18)8-4-6-14-10(13)9(8)17(19)20/h2-6H,1H3,(H,15,16,18). The quantitative estimate of drug-likeness (QED) is 0.532. The van der Waals surface area contributed by atoms with Gasteiger partial charge in [-0.25, -0.2) is 9.97 Å². The molecule has 0 aliphatic carbocycles. The zero-order valence-corrected chi connectivity index (χ0v) is 11.1. The summed E-state index contributed by atoms with van der Waals surface area (Å²) in [4.78, 5) is 29.9. The van der Waals surface area contributed by atoms with Gasteiger partial charge in [-0.1, -0.05) is 17.7 Å². The number of carbonyl (C=O) groups is 1.